The third kappa shape index (κ3) is 3.21. The lowest BCUT2D eigenvalue weighted by Gasteiger charge is -2.21. The molecule has 8 nitrogen and oxygen atoms in total. The molecule has 1 aliphatic carbocycles. The number of nitrogens with two attached hydrogens (primary N) is 1. The predicted molar refractivity (Wildman–Crippen MR) is 64.4 cm³/mol. The quantitative estimate of drug-likeness (QED) is 0.760. The molecule has 19 heavy (non-hydrogen) atoms. The summed E-state index contributed by atoms with van der Waals surface area (Å²) < 4.78 is 6.25. The van der Waals surface area contributed by atoms with Crippen molar-refractivity contribution < 1.29 is 19.4 Å². The van der Waals surface area contributed by atoms with Gasteiger partial charge in [0.1, 0.15) is 12.6 Å². The van der Waals surface area contributed by atoms with Gasteiger partial charge in [0.15, 0.2) is 5.82 Å². The molecule has 0 atom stereocenters. The number of carbonyl (C=O) groups is 2. The fourth-order valence-corrected chi connectivity index (χ4v) is 2.10. The van der Waals surface area contributed by atoms with Crippen molar-refractivity contribution >= 4 is 17.8 Å². The van der Waals surface area contributed by atoms with E-state index in [0.717, 1.165) is 36.8 Å². The average Bonchev–Trinajstić information content (AvgIpc) is 2.72. The summed E-state index contributed by atoms with van der Waals surface area (Å²) in [5, 5.41) is 15.8. The Kier molecular flexibility index (Phi) is 3.98. The number of anilines is 1. The summed E-state index contributed by atoms with van der Waals surface area (Å²) in [6, 6.07) is 0. The molecule has 1 aromatic heterocycles. The largest absolute Gasteiger partial charge is 0.480 e. The van der Waals surface area contributed by atoms with Gasteiger partial charge >= 0.3 is 11.9 Å². The molecule has 104 valence electrons. The second-order valence-corrected chi connectivity index (χ2v) is 4.54. The van der Waals surface area contributed by atoms with Crippen molar-refractivity contribution in [3.05, 3.63) is 5.69 Å². The zero-order chi connectivity index (χ0) is 13.8. The summed E-state index contributed by atoms with van der Waals surface area (Å²) in [6.45, 7) is -0.435. The van der Waals surface area contributed by atoms with E-state index in [0.29, 0.717) is 0 Å². The molecule has 0 radical (unpaired) electrons. The van der Waals surface area contributed by atoms with Gasteiger partial charge in [0.2, 0.25) is 5.69 Å². The van der Waals surface area contributed by atoms with E-state index in [4.69, 9.17) is 15.6 Å². The smallest absolute Gasteiger partial charge is 0.363 e. The first-order chi connectivity index (χ1) is 9.08. The molecule has 0 aliphatic heterocycles. The Hall–Kier alpha value is -2.12. The van der Waals surface area contributed by atoms with Crippen molar-refractivity contribution in [2.75, 3.05) is 5.73 Å². The van der Waals surface area contributed by atoms with E-state index in [-0.39, 0.29) is 17.6 Å². The number of carboxylic acids is 1. The molecular weight excluding hydrogens is 252 g/mol. The summed E-state index contributed by atoms with van der Waals surface area (Å²) in [7, 11) is 0. The normalized spacial score (nSPS) is 16.2. The standard InChI is InChI=1S/C11H16N4O4/c12-10-9(13-14-15(10)6-8(16)17)11(18)19-7-4-2-1-3-5-7/h7H,1-6,12H2,(H,16,17). The highest BCUT2D eigenvalue weighted by atomic mass is 16.5. The van der Waals surface area contributed by atoms with Crippen molar-refractivity contribution in [1.82, 2.24) is 15.0 Å². The highest BCUT2D eigenvalue weighted by molar-refractivity contribution is 5.92. The number of nitrogens with zero attached hydrogens (tertiary/aromatic N) is 3. The number of rotatable bonds is 4. The summed E-state index contributed by atoms with van der Waals surface area (Å²) in [6.07, 6.45) is 4.82. The van der Waals surface area contributed by atoms with Gasteiger partial charge in [-0.15, -0.1) is 5.10 Å². The van der Waals surface area contributed by atoms with E-state index in [1.165, 1.54) is 0 Å². The SMILES string of the molecule is Nc1c(C(=O)OC2CCCCC2)nnn1CC(=O)O. The molecule has 1 saturated carbocycles. The molecule has 8 heteroatoms. The van der Waals surface area contributed by atoms with E-state index >= 15 is 0 Å². The van der Waals surface area contributed by atoms with E-state index in [1.807, 2.05) is 0 Å². The van der Waals surface area contributed by atoms with E-state index in [9.17, 15) is 9.59 Å². The van der Waals surface area contributed by atoms with Crippen LogP contribution in [-0.4, -0.2) is 38.1 Å². The number of ether oxygens (including phenoxy) is 1. The maximum atomic E-state index is 11.9. The van der Waals surface area contributed by atoms with Crippen molar-refractivity contribution in [3.8, 4) is 0 Å². The highest BCUT2D eigenvalue weighted by Gasteiger charge is 2.24. The van der Waals surface area contributed by atoms with Crippen LogP contribution < -0.4 is 5.73 Å². The number of hydrogen-bond acceptors (Lipinski definition) is 6. The van der Waals surface area contributed by atoms with Gasteiger partial charge in [0.25, 0.3) is 0 Å². The Balaban J connectivity index is 2.02. The van der Waals surface area contributed by atoms with Gasteiger partial charge in [-0.1, -0.05) is 11.6 Å². The van der Waals surface area contributed by atoms with Crippen LogP contribution in [0.4, 0.5) is 5.82 Å². The maximum absolute atomic E-state index is 11.9. The molecule has 1 aliphatic rings. The number of carbonyl (C=O) groups excluding carboxylic acids is 1. The van der Waals surface area contributed by atoms with Crippen molar-refractivity contribution in [2.45, 2.75) is 44.8 Å². The lowest BCUT2D eigenvalue weighted by molar-refractivity contribution is -0.137. The Bertz CT molecular complexity index is 479. The fourth-order valence-electron chi connectivity index (χ4n) is 2.10. The fraction of sp³-hybridized carbons (Fsp3) is 0.636. The van der Waals surface area contributed by atoms with Crippen LogP contribution in [0, 0.1) is 0 Å². The van der Waals surface area contributed by atoms with Gasteiger partial charge in [0, 0.05) is 0 Å². The molecule has 0 amide bonds. The van der Waals surface area contributed by atoms with Crippen molar-refractivity contribution in [1.29, 1.82) is 0 Å². The monoisotopic (exact) mass is 268 g/mol. The van der Waals surface area contributed by atoms with Gasteiger partial charge in [-0.25, -0.2) is 9.48 Å². The van der Waals surface area contributed by atoms with Crippen molar-refractivity contribution in [3.63, 3.8) is 0 Å². The Morgan fingerprint density at radius 3 is 2.68 bits per heavy atom. The molecule has 0 spiro atoms. The van der Waals surface area contributed by atoms with E-state index in [1.54, 1.807) is 0 Å². The molecule has 0 aromatic carbocycles. The summed E-state index contributed by atoms with van der Waals surface area (Å²) in [5.41, 5.74) is 5.51. The van der Waals surface area contributed by atoms with Crippen LogP contribution in [0.25, 0.3) is 0 Å². The highest BCUT2D eigenvalue weighted by Crippen LogP contribution is 2.22. The minimum absolute atomic E-state index is 0.0804. The number of aromatic nitrogens is 3. The molecule has 0 bridgehead atoms. The molecule has 1 fully saturated rings. The number of aliphatic carboxylic acids is 1. The number of hydrogen-bond donors (Lipinski definition) is 2. The Morgan fingerprint density at radius 1 is 1.37 bits per heavy atom. The first-order valence-corrected chi connectivity index (χ1v) is 6.19. The molecule has 1 heterocycles. The minimum atomic E-state index is -1.11. The lowest BCUT2D eigenvalue weighted by atomic mass is 9.98. The van der Waals surface area contributed by atoms with E-state index in [2.05, 4.69) is 10.3 Å². The van der Waals surface area contributed by atoms with Crippen LogP contribution in [0.15, 0.2) is 0 Å². The van der Waals surface area contributed by atoms with Gasteiger partial charge < -0.3 is 15.6 Å². The molecule has 1 aromatic rings. The van der Waals surface area contributed by atoms with Gasteiger partial charge in [-0.05, 0) is 25.7 Å². The molecule has 3 N–H and O–H groups in total. The van der Waals surface area contributed by atoms with Crippen LogP contribution in [-0.2, 0) is 16.1 Å². The van der Waals surface area contributed by atoms with Crippen LogP contribution in [0.1, 0.15) is 42.6 Å². The second kappa shape index (κ2) is 5.68. The molecule has 0 unspecified atom stereocenters. The average molecular weight is 268 g/mol. The number of esters is 1. The summed E-state index contributed by atoms with van der Waals surface area (Å²) >= 11 is 0. The van der Waals surface area contributed by atoms with Gasteiger partial charge in [0.05, 0.1) is 0 Å². The summed E-state index contributed by atoms with van der Waals surface area (Å²) in [5.74, 6) is -1.83. The minimum Gasteiger partial charge on any atom is -0.480 e. The first-order valence-electron chi connectivity index (χ1n) is 6.19. The Morgan fingerprint density at radius 2 is 2.05 bits per heavy atom. The molecular formula is C11H16N4O4. The van der Waals surface area contributed by atoms with Crippen LogP contribution in [0.2, 0.25) is 0 Å². The summed E-state index contributed by atoms with van der Waals surface area (Å²) in [4.78, 5) is 22.4. The topological polar surface area (TPSA) is 120 Å². The lowest BCUT2D eigenvalue weighted by Crippen LogP contribution is -2.22. The van der Waals surface area contributed by atoms with Crippen LogP contribution in [0.3, 0.4) is 0 Å². The van der Waals surface area contributed by atoms with E-state index < -0.39 is 18.5 Å². The zero-order valence-corrected chi connectivity index (χ0v) is 10.4. The second-order valence-electron chi connectivity index (χ2n) is 4.54. The van der Waals surface area contributed by atoms with Crippen molar-refractivity contribution in [2.24, 2.45) is 0 Å². The number of carboxylic acid groups (broad SMARTS) is 1. The third-order valence-corrected chi connectivity index (χ3v) is 3.08. The molecule has 0 saturated heterocycles. The predicted octanol–water partition coefficient (Wildman–Crippen LogP) is 0.434. The van der Waals surface area contributed by atoms with Gasteiger partial charge in [-0.2, -0.15) is 0 Å². The van der Waals surface area contributed by atoms with Crippen LogP contribution >= 0.6 is 0 Å². The third-order valence-electron chi connectivity index (χ3n) is 3.08. The molecule has 2 rings (SSSR count). The number of nitrogen functional groups attached to an aromatic ring is 1. The van der Waals surface area contributed by atoms with Crippen LogP contribution in [0.5, 0.6) is 0 Å². The zero-order valence-electron chi connectivity index (χ0n) is 10.4. The van der Waals surface area contributed by atoms with Gasteiger partial charge in [-0.3, -0.25) is 4.79 Å². The first kappa shape index (κ1) is 13.3. The maximum Gasteiger partial charge on any atom is 0.363 e. The Labute approximate surface area is 109 Å².